The molecule has 0 N–H and O–H groups in total. The van der Waals surface area contributed by atoms with E-state index in [-0.39, 0.29) is 33.6 Å². The first-order valence-electron chi connectivity index (χ1n) is 7.01. The molecule has 0 unspecified atom stereocenters. The molecule has 0 aliphatic rings. The predicted molar refractivity (Wildman–Crippen MR) is 85.3 cm³/mol. The van der Waals surface area contributed by atoms with Crippen LogP contribution in [0.3, 0.4) is 0 Å². The van der Waals surface area contributed by atoms with Gasteiger partial charge in [-0.3, -0.25) is 0 Å². The van der Waals surface area contributed by atoms with Crippen molar-refractivity contribution in [2.45, 2.75) is 0 Å². The minimum atomic E-state index is -0.121. The van der Waals surface area contributed by atoms with Gasteiger partial charge in [0.2, 0.25) is 0 Å². The molecule has 4 rings (SSSR count). The quantitative estimate of drug-likeness (QED) is 0.373. The number of hydrogen-bond acceptors (Lipinski definition) is 0. The van der Waals surface area contributed by atoms with Gasteiger partial charge in [-0.05, 0) is 57.9 Å². The summed E-state index contributed by atoms with van der Waals surface area (Å²) in [6.45, 7) is 0. The van der Waals surface area contributed by atoms with Crippen molar-refractivity contribution in [3.8, 4) is 0 Å². The van der Waals surface area contributed by atoms with Crippen molar-refractivity contribution < 1.29 is 33.6 Å². The highest BCUT2D eigenvalue weighted by atomic mass is 127. The van der Waals surface area contributed by atoms with E-state index in [1.165, 1.54) is 28.7 Å². The van der Waals surface area contributed by atoms with E-state index in [2.05, 4.69) is 84.9 Å². The van der Waals surface area contributed by atoms with Crippen molar-refractivity contribution in [2.24, 2.45) is 0 Å². The first-order valence-corrected chi connectivity index (χ1v) is 9.17. The summed E-state index contributed by atoms with van der Waals surface area (Å²) < 4.78 is 2.95. The smallest absolute Gasteiger partial charge is 0.357 e. The van der Waals surface area contributed by atoms with Crippen LogP contribution < -0.4 is 33.6 Å². The molecular formula is C20H14ClI. The van der Waals surface area contributed by atoms with Gasteiger partial charge in [0.15, 0.2) is 7.14 Å². The van der Waals surface area contributed by atoms with Crippen LogP contribution in [-0.2, 0) is 0 Å². The van der Waals surface area contributed by atoms with Gasteiger partial charge in [-0.2, -0.15) is 0 Å². The maximum atomic E-state index is 2.35. The largest absolute Gasteiger partial charge is 1.00 e. The number of fused-ring (bicyclic) bond motifs is 2. The molecule has 0 atom stereocenters. The summed E-state index contributed by atoms with van der Waals surface area (Å²) >= 11 is -0.121. The molecule has 0 radical (unpaired) electrons. The van der Waals surface area contributed by atoms with Gasteiger partial charge in [-0.1, -0.05) is 48.5 Å². The molecule has 0 saturated carbocycles. The summed E-state index contributed by atoms with van der Waals surface area (Å²) in [5, 5.41) is 5.33. The van der Waals surface area contributed by atoms with Crippen molar-refractivity contribution in [2.75, 3.05) is 0 Å². The molecule has 108 valence electrons. The average Bonchev–Trinajstić information content (AvgIpc) is 2.55. The van der Waals surface area contributed by atoms with Crippen LogP contribution in [0.5, 0.6) is 0 Å². The lowest BCUT2D eigenvalue weighted by Crippen LogP contribution is -3.61. The predicted octanol–water partition coefficient (Wildman–Crippen LogP) is -0.875. The summed E-state index contributed by atoms with van der Waals surface area (Å²) in [5.74, 6) is 0. The van der Waals surface area contributed by atoms with Crippen LogP contribution in [-0.4, -0.2) is 0 Å². The summed E-state index contributed by atoms with van der Waals surface area (Å²) in [6.07, 6.45) is 0. The molecule has 0 aliphatic heterocycles. The van der Waals surface area contributed by atoms with Gasteiger partial charge in [-0.25, -0.2) is 0 Å². The second-order valence-electron chi connectivity index (χ2n) is 5.08. The number of hydrogen-bond donors (Lipinski definition) is 0. The Kier molecular flexibility index (Phi) is 4.65. The van der Waals surface area contributed by atoms with E-state index < -0.39 is 0 Å². The molecule has 0 nitrogen and oxygen atoms in total. The van der Waals surface area contributed by atoms with Crippen LogP contribution in [0.4, 0.5) is 0 Å². The Morgan fingerprint density at radius 2 is 0.864 bits per heavy atom. The van der Waals surface area contributed by atoms with Crippen LogP contribution in [0, 0.1) is 7.14 Å². The van der Waals surface area contributed by atoms with Crippen molar-refractivity contribution in [3.63, 3.8) is 0 Å². The maximum absolute atomic E-state index is 2.35. The van der Waals surface area contributed by atoms with Crippen molar-refractivity contribution in [1.29, 1.82) is 0 Å². The van der Waals surface area contributed by atoms with Crippen LogP contribution in [0.15, 0.2) is 84.9 Å². The highest BCUT2D eigenvalue weighted by Gasteiger charge is 2.16. The third-order valence-corrected chi connectivity index (χ3v) is 6.23. The van der Waals surface area contributed by atoms with Crippen molar-refractivity contribution in [1.82, 2.24) is 0 Å². The van der Waals surface area contributed by atoms with Gasteiger partial charge in [0.1, 0.15) is 0 Å². The normalized spacial score (nSPS) is 10.5. The third-order valence-electron chi connectivity index (χ3n) is 3.64. The van der Waals surface area contributed by atoms with E-state index >= 15 is 0 Å². The fourth-order valence-electron chi connectivity index (χ4n) is 2.56. The molecule has 0 fully saturated rings. The first-order chi connectivity index (χ1) is 10.4. The lowest BCUT2D eigenvalue weighted by molar-refractivity contribution is -0.597. The van der Waals surface area contributed by atoms with Gasteiger partial charge < -0.3 is 12.4 Å². The Morgan fingerprint density at radius 3 is 1.32 bits per heavy atom. The van der Waals surface area contributed by atoms with Crippen LogP contribution in [0.1, 0.15) is 0 Å². The molecule has 22 heavy (non-hydrogen) atoms. The fraction of sp³-hybridized carbons (Fsp3) is 0. The third kappa shape index (κ3) is 3.11. The molecule has 0 spiro atoms. The number of benzene rings is 4. The lowest BCUT2D eigenvalue weighted by Gasteiger charge is -1.97. The minimum absolute atomic E-state index is 0. The van der Waals surface area contributed by atoms with Gasteiger partial charge in [0.25, 0.3) is 0 Å². The molecule has 0 aliphatic carbocycles. The zero-order valence-electron chi connectivity index (χ0n) is 11.8. The van der Waals surface area contributed by atoms with E-state index in [1.54, 1.807) is 0 Å². The topological polar surface area (TPSA) is 0 Å². The standard InChI is InChI=1S/C20H14I.ClH/c1-3-7-17-13-19(11-9-15(17)5-1)21-20-12-10-16-6-2-4-8-18(16)14-20;/h1-14H;1H/q+1;/p-1. The Labute approximate surface area is 146 Å². The van der Waals surface area contributed by atoms with Crippen LogP contribution in [0.25, 0.3) is 21.5 Å². The molecule has 0 aromatic heterocycles. The van der Waals surface area contributed by atoms with E-state index in [0.29, 0.717) is 0 Å². The summed E-state index contributed by atoms with van der Waals surface area (Å²) in [7, 11) is 0. The first kappa shape index (κ1) is 15.3. The SMILES string of the molecule is [Cl-].c1ccc2cc([I+]c3ccc4ccccc4c3)ccc2c1. The van der Waals surface area contributed by atoms with Gasteiger partial charge in [-0.15, -0.1) is 0 Å². The molecule has 4 aromatic carbocycles. The summed E-state index contributed by atoms with van der Waals surface area (Å²) in [4.78, 5) is 0. The highest BCUT2D eigenvalue weighted by Crippen LogP contribution is 2.13. The van der Waals surface area contributed by atoms with E-state index in [1.807, 2.05) is 0 Å². The second kappa shape index (κ2) is 6.67. The fourth-order valence-corrected chi connectivity index (χ4v) is 4.98. The maximum Gasteiger partial charge on any atom is 0.357 e. The monoisotopic (exact) mass is 416 g/mol. The molecular weight excluding hydrogens is 403 g/mol. The minimum Gasteiger partial charge on any atom is -1.00 e. The molecule has 0 saturated heterocycles. The Bertz CT molecular complexity index is 853. The van der Waals surface area contributed by atoms with Crippen LogP contribution in [0.2, 0.25) is 0 Å². The Balaban J connectivity index is 0.00000144. The Hall–Kier alpha value is -1.58. The molecule has 0 bridgehead atoms. The van der Waals surface area contributed by atoms with Crippen molar-refractivity contribution >= 4 is 21.5 Å². The zero-order chi connectivity index (χ0) is 14.1. The van der Waals surface area contributed by atoms with Gasteiger partial charge >= 0.3 is 21.2 Å². The average molecular weight is 417 g/mol. The van der Waals surface area contributed by atoms with Crippen LogP contribution >= 0.6 is 0 Å². The van der Waals surface area contributed by atoms with Gasteiger partial charge in [0, 0.05) is 0 Å². The number of rotatable bonds is 2. The molecule has 0 heterocycles. The lowest BCUT2D eigenvalue weighted by atomic mass is 10.1. The van der Waals surface area contributed by atoms with E-state index in [0.717, 1.165) is 0 Å². The molecule has 4 aromatic rings. The second-order valence-corrected chi connectivity index (χ2v) is 8.11. The molecule has 2 heteroatoms. The van der Waals surface area contributed by atoms with Crippen molar-refractivity contribution in [3.05, 3.63) is 92.1 Å². The summed E-state index contributed by atoms with van der Waals surface area (Å²) in [6, 6.07) is 30.9. The van der Waals surface area contributed by atoms with E-state index in [9.17, 15) is 0 Å². The number of halogens is 2. The zero-order valence-corrected chi connectivity index (χ0v) is 14.8. The Morgan fingerprint density at radius 1 is 0.455 bits per heavy atom. The molecule has 0 amide bonds. The van der Waals surface area contributed by atoms with Gasteiger partial charge in [0.05, 0.1) is 0 Å². The van der Waals surface area contributed by atoms with E-state index in [4.69, 9.17) is 0 Å². The summed E-state index contributed by atoms with van der Waals surface area (Å²) in [5.41, 5.74) is 0. The highest BCUT2D eigenvalue weighted by molar-refractivity contribution is 5.82.